The van der Waals surface area contributed by atoms with Crippen LogP contribution < -0.4 is 5.32 Å². The number of fused-ring (bicyclic) bond motifs is 1. The SMILES string of the molecule is COC[C@H]1[C@H]2C(=O)N[C@H](CO)[C@@H]12. The molecule has 4 heteroatoms. The standard InChI is InChI=1S/C8H13NO3/c1-12-3-4-6-5(2-10)9-8(11)7(4)6/h4-7,10H,2-3H2,1H3,(H,9,11)/t4-,5-,6-,7-/m1/s1. The van der Waals surface area contributed by atoms with Crippen LogP contribution in [0, 0.1) is 17.8 Å². The van der Waals surface area contributed by atoms with Gasteiger partial charge in [0.05, 0.1) is 19.3 Å². The fraction of sp³-hybridized carbons (Fsp3) is 0.875. The number of aliphatic hydroxyl groups excluding tert-OH is 1. The summed E-state index contributed by atoms with van der Waals surface area (Å²) in [5, 5.41) is 11.7. The zero-order valence-electron chi connectivity index (χ0n) is 6.99. The maximum Gasteiger partial charge on any atom is 0.224 e. The molecule has 1 aliphatic carbocycles. The highest BCUT2D eigenvalue weighted by atomic mass is 16.5. The molecule has 1 saturated carbocycles. The second-order valence-corrected chi connectivity index (χ2v) is 3.52. The summed E-state index contributed by atoms with van der Waals surface area (Å²) in [5.74, 6) is 0.867. The molecule has 0 bridgehead atoms. The number of hydrogen-bond acceptors (Lipinski definition) is 3. The van der Waals surface area contributed by atoms with Crippen molar-refractivity contribution in [2.75, 3.05) is 20.3 Å². The van der Waals surface area contributed by atoms with E-state index >= 15 is 0 Å². The molecule has 12 heavy (non-hydrogen) atoms. The summed E-state index contributed by atoms with van der Waals surface area (Å²) < 4.78 is 4.98. The number of hydrogen-bond donors (Lipinski definition) is 2. The van der Waals surface area contributed by atoms with Crippen LogP contribution in [0.25, 0.3) is 0 Å². The molecule has 0 aromatic carbocycles. The predicted octanol–water partition coefficient (Wildman–Crippen LogP) is -1.01. The molecule has 1 heterocycles. The predicted molar refractivity (Wildman–Crippen MR) is 41.4 cm³/mol. The normalized spacial score (nSPS) is 44.0. The van der Waals surface area contributed by atoms with Gasteiger partial charge in [0.1, 0.15) is 0 Å². The van der Waals surface area contributed by atoms with Gasteiger partial charge in [-0.1, -0.05) is 0 Å². The monoisotopic (exact) mass is 171 g/mol. The first-order chi connectivity index (χ1) is 5.79. The molecular weight excluding hydrogens is 158 g/mol. The van der Waals surface area contributed by atoms with Crippen LogP contribution in [0.15, 0.2) is 0 Å². The molecule has 0 aromatic rings. The van der Waals surface area contributed by atoms with Crippen LogP contribution in [0.5, 0.6) is 0 Å². The van der Waals surface area contributed by atoms with Crippen LogP contribution in [0.1, 0.15) is 0 Å². The molecule has 4 atom stereocenters. The molecule has 2 fully saturated rings. The molecule has 1 saturated heterocycles. The van der Waals surface area contributed by atoms with Gasteiger partial charge in [-0.05, 0) is 11.8 Å². The van der Waals surface area contributed by atoms with E-state index < -0.39 is 0 Å². The second-order valence-electron chi connectivity index (χ2n) is 3.52. The number of carbonyl (C=O) groups excluding carboxylic acids is 1. The van der Waals surface area contributed by atoms with E-state index in [-0.39, 0.29) is 24.5 Å². The van der Waals surface area contributed by atoms with E-state index in [0.29, 0.717) is 18.4 Å². The molecule has 68 valence electrons. The van der Waals surface area contributed by atoms with Crippen molar-refractivity contribution in [3.05, 3.63) is 0 Å². The zero-order chi connectivity index (χ0) is 8.72. The Morgan fingerprint density at radius 3 is 3.00 bits per heavy atom. The summed E-state index contributed by atoms with van der Waals surface area (Å²) in [4.78, 5) is 11.2. The van der Waals surface area contributed by atoms with Crippen LogP contribution in [0.4, 0.5) is 0 Å². The van der Waals surface area contributed by atoms with Crippen molar-refractivity contribution in [2.45, 2.75) is 6.04 Å². The van der Waals surface area contributed by atoms with Crippen LogP contribution in [0.3, 0.4) is 0 Å². The number of methoxy groups -OCH3 is 1. The van der Waals surface area contributed by atoms with Gasteiger partial charge in [-0.15, -0.1) is 0 Å². The van der Waals surface area contributed by atoms with Crippen molar-refractivity contribution in [3.63, 3.8) is 0 Å². The summed E-state index contributed by atoms with van der Waals surface area (Å²) in [5.41, 5.74) is 0. The third-order valence-corrected chi connectivity index (χ3v) is 2.88. The van der Waals surface area contributed by atoms with Crippen molar-refractivity contribution in [1.29, 1.82) is 0 Å². The lowest BCUT2D eigenvalue weighted by Gasteiger charge is -2.11. The third-order valence-electron chi connectivity index (χ3n) is 2.88. The molecule has 1 aliphatic heterocycles. The van der Waals surface area contributed by atoms with Crippen molar-refractivity contribution in [2.24, 2.45) is 17.8 Å². The Kier molecular flexibility index (Phi) is 1.81. The molecule has 0 aromatic heterocycles. The first kappa shape index (κ1) is 8.01. The Balaban J connectivity index is 1.98. The van der Waals surface area contributed by atoms with Crippen molar-refractivity contribution in [1.82, 2.24) is 5.32 Å². The van der Waals surface area contributed by atoms with Gasteiger partial charge in [0.25, 0.3) is 0 Å². The van der Waals surface area contributed by atoms with E-state index in [1.165, 1.54) is 0 Å². The second kappa shape index (κ2) is 2.71. The van der Waals surface area contributed by atoms with Gasteiger partial charge in [-0.3, -0.25) is 4.79 Å². The number of nitrogens with one attached hydrogen (secondary N) is 1. The fourth-order valence-electron chi connectivity index (χ4n) is 2.27. The number of amides is 1. The minimum atomic E-state index is -0.0253. The highest BCUT2D eigenvalue weighted by molar-refractivity contribution is 5.85. The first-order valence-corrected chi connectivity index (χ1v) is 4.19. The summed E-state index contributed by atoms with van der Waals surface area (Å²) >= 11 is 0. The zero-order valence-corrected chi connectivity index (χ0v) is 6.99. The third kappa shape index (κ3) is 0.949. The highest BCUT2D eigenvalue weighted by Crippen LogP contribution is 2.52. The highest BCUT2D eigenvalue weighted by Gasteiger charge is 2.62. The van der Waals surface area contributed by atoms with E-state index in [2.05, 4.69) is 5.32 Å². The van der Waals surface area contributed by atoms with Gasteiger partial charge in [-0.25, -0.2) is 0 Å². The molecule has 1 amide bonds. The maximum absolute atomic E-state index is 11.2. The Labute approximate surface area is 70.9 Å². The number of ether oxygens (including phenoxy) is 1. The van der Waals surface area contributed by atoms with Gasteiger partial charge in [-0.2, -0.15) is 0 Å². The lowest BCUT2D eigenvalue weighted by molar-refractivity contribution is -0.122. The lowest BCUT2D eigenvalue weighted by Crippen LogP contribution is -2.35. The Morgan fingerprint density at radius 2 is 2.42 bits per heavy atom. The quantitative estimate of drug-likeness (QED) is 0.571. The van der Waals surface area contributed by atoms with Crippen molar-refractivity contribution < 1.29 is 14.6 Å². The van der Waals surface area contributed by atoms with E-state index in [1.54, 1.807) is 7.11 Å². The molecule has 0 spiro atoms. The van der Waals surface area contributed by atoms with Gasteiger partial charge < -0.3 is 15.2 Å². The molecule has 0 radical (unpaired) electrons. The van der Waals surface area contributed by atoms with E-state index in [9.17, 15) is 4.79 Å². The largest absolute Gasteiger partial charge is 0.394 e. The van der Waals surface area contributed by atoms with Crippen LogP contribution in [-0.2, 0) is 9.53 Å². The van der Waals surface area contributed by atoms with Crippen LogP contribution >= 0.6 is 0 Å². The molecule has 0 unspecified atom stereocenters. The molecule has 2 N–H and O–H groups in total. The number of piperidine rings is 1. The molecule has 2 aliphatic rings. The molecule has 2 rings (SSSR count). The first-order valence-electron chi connectivity index (χ1n) is 4.19. The Morgan fingerprint density at radius 1 is 1.67 bits per heavy atom. The van der Waals surface area contributed by atoms with E-state index in [1.807, 2.05) is 0 Å². The fourth-order valence-corrected chi connectivity index (χ4v) is 2.27. The lowest BCUT2D eigenvalue weighted by atomic mass is 10.2. The van der Waals surface area contributed by atoms with Gasteiger partial charge in [0.15, 0.2) is 0 Å². The molecular formula is C8H13NO3. The van der Waals surface area contributed by atoms with Crippen LogP contribution in [-0.4, -0.2) is 37.4 Å². The summed E-state index contributed by atoms with van der Waals surface area (Å²) in [6, 6.07) is -0.0253. The maximum atomic E-state index is 11.2. The number of rotatable bonds is 3. The van der Waals surface area contributed by atoms with E-state index in [0.717, 1.165) is 0 Å². The minimum absolute atomic E-state index is 0.0253. The van der Waals surface area contributed by atoms with Crippen molar-refractivity contribution in [3.8, 4) is 0 Å². The van der Waals surface area contributed by atoms with Gasteiger partial charge in [0, 0.05) is 13.0 Å². The number of aliphatic hydroxyl groups is 1. The Hall–Kier alpha value is -0.610. The topological polar surface area (TPSA) is 58.6 Å². The molecule has 4 nitrogen and oxygen atoms in total. The summed E-state index contributed by atoms with van der Waals surface area (Å²) in [6.07, 6.45) is 0. The summed E-state index contributed by atoms with van der Waals surface area (Å²) in [7, 11) is 1.64. The van der Waals surface area contributed by atoms with Crippen molar-refractivity contribution >= 4 is 5.91 Å². The Bertz CT molecular complexity index is 206. The van der Waals surface area contributed by atoms with Crippen LogP contribution in [0.2, 0.25) is 0 Å². The average Bonchev–Trinajstić information content (AvgIpc) is 2.64. The van der Waals surface area contributed by atoms with Gasteiger partial charge >= 0.3 is 0 Å². The van der Waals surface area contributed by atoms with E-state index in [4.69, 9.17) is 9.84 Å². The number of carbonyl (C=O) groups is 1. The minimum Gasteiger partial charge on any atom is -0.394 e. The summed E-state index contributed by atoms with van der Waals surface area (Å²) in [6.45, 7) is 0.687. The average molecular weight is 171 g/mol. The smallest absolute Gasteiger partial charge is 0.224 e. The van der Waals surface area contributed by atoms with Gasteiger partial charge in [0.2, 0.25) is 5.91 Å².